The average Bonchev–Trinajstić information content (AvgIpc) is 3.51. The number of thioether (sulfide) groups is 1. The van der Waals surface area contributed by atoms with E-state index in [-0.39, 0.29) is 24.4 Å². The van der Waals surface area contributed by atoms with Gasteiger partial charge in [0.05, 0.1) is 16.5 Å². The van der Waals surface area contributed by atoms with Gasteiger partial charge in [0.25, 0.3) is 5.24 Å². The van der Waals surface area contributed by atoms with E-state index in [9.17, 15) is 22.8 Å². The van der Waals surface area contributed by atoms with Crippen molar-refractivity contribution in [3.8, 4) is 16.9 Å². The van der Waals surface area contributed by atoms with Crippen molar-refractivity contribution in [1.29, 1.82) is 0 Å². The van der Waals surface area contributed by atoms with Crippen LogP contribution >= 0.6 is 11.8 Å². The number of carbonyl (C=O) groups is 2. The van der Waals surface area contributed by atoms with Crippen LogP contribution in [-0.2, 0) is 27.8 Å². The van der Waals surface area contributed by atoms with Gasteiger partial charge in [-0.1, -0.05) is 156 Å². The van der Waals surface area contributed by atoms with E-state index in [4.69, 9.17) is 9.57 Å². The lowest BCUT2D eigenvalue weighted by Gasteiger charge is -2.42. The van der Waals surface area contributed by atoms with Crippen molar-refractivity contribution < 1.29 is 32.3 Å². The van der Waals surface area contributed by atoms with Gasteiger partial charge in [-0.2, -0.15) is 13.2 Å². The van der Waals surface area contributed by atoms with E-state index < -0.39 is 22.5 Å². The molecular weight excluding hydrogens is 734 g/mol. The van der Waals surface area contributed by atoms with E-state index in [0.29, 0.717) is 23.4 Å². The molecule has 6 nitrogen and oxygen atoms in total. The molecule has 0 bridgehead atoms. The fourth-order valence-electron chi connectivity index (χ4n) is 6.90. The second kappa shape index (κ2) is 16.7. The normalized spacial score (nSPS) is 14.9. The predicted octanol–water partition coefficient (Wildman–Crippen LogP) is 10.8. The van der Waals surface area contributed by atoms with E-state index in [1.54, 1.807) is 6.92 Å². The van der Waals surface area contributed by atoms with Crippen LogP contribution in [0.4, 0.5) is 18.0 Å². The highest BCUT2D eigenvalue weighted by molar-refractivity contribution is 8.15. The molecule has 282 valence electrons. The Morgan fingerprint density at radius 3 is 1.64 bits per heavy atom. The zero-order valence-corrected chi connectivity index (χ0v) is 31.2. The minimum atomic E-state index is -4.37. The third kappa shape index (κ3) is 8.11. The fraction of sp³-hybridized carbons (Fsp3) is 0.152. The Hall–Kier alpha value is -6.13. The summed E-state index contributed by atoms with van der Waals surface area (Å²) in [6.45, 7) is 2.24. The highest BCUT2D eigenvalue weighted by Crippen LogP contribution is 2.48. The number of carbonyl (C=O) groups excluding carboxylic acids is 2. The first-order chi connectivity index (χ1) is 27.1. The summed E-state index contributed by atoms with van der Waals surface area (Å²) < 4.78 is 44.6. The van der Waals surface area contributed by atoms with Crippen LogP contribution in [0.15, 0.2) is 169 Å². The summed E-state index contributed by atoms with van der Waals surface area (Å²) in [6.07, 6.45) is -4.01. The molecule has 0 aliphatic carbocycles. The minimum absolute atomic E-state index is 0.194. The molecular formula is C46H37F3N2O4S. The van der Waals surface area contributed by atoms with Gasteiger partial charge in [0, 0.05) is 0 Å². The molecule has 1 aliphatic rings. The van der Waals surface area contributed by atoms with E-state index in [2.05, 4.69) is 5.16 Å². The summed E-state index contributed by atoms with van der Waals surface area (Å²) >= 11 is 1.06. The maximum absolute atomic E-state index is 14.4. The first-order valence-electron chi connectivity index (χ1n) is 18.0. The number of ether oxygens (including phenoxy) is 1. The monoisotopic (exact) mass is 770 g/mol. The van der Waals surface area contributed by atoms with Gasteiger partial charge in [-0.25, -0.2) is 0 Å². The van der Waals surface area contributed by atoms with Gasteiger partial charge >= 0.3 is 6.18 Å². The Labute approximate surface area is 327 Å². The summed E-state index contributed by atoms with van der Waals surface area (Å²) in [5, 5.41) is 3.27. The molecule has 1 saturated heterocycles. The fourth-order valence-corrected chi connectivity index (χ4v) is 7.96. The summed E-state index contributed by atoms with van der Waals surface area (Å²) in [5.74, 6) is 0.372. The molecule has 0 aromatic heterocycles. The number of oxime groups is 1. The van der Waals surface area contributed by atoms with Gasteiger partial charge in [0.1, 0.15) is 17.9 Å². The van der Waals surface area contributed by atoms with Gasteiger partial charge in [0.2, 0.25) is 5.91 Å². The molecule has 1 unspecified atom stereocenters. The van der Waals surface area contributed by atoms with Crippen LogP contribution < -0.4 is 4.74 Å². The Morgan fingerprint density at radius 2 is 1.14 bits per heavy atom. The number of imide groups is 1. The van der Waals surface area contributed by atoms with Crippen molar-refractivity contribution in [2.24, 2.45) is 5.16 Å². The Morgan fingerprint density at radius 1 is 0.643 bits per heavy atom. The van der Waals surface area contributed by atoms with Crippen LogP contribution in [0.2, 0.25) is 0 Å². The van der Waals surface area contributed by atoms with Crippen LogP contribution in [0.25, 0.3) is 11.1 Å². The molecule has 0 radical (unpaired) electrons. The lowest BCUT2D eigenvalue weighted by molar-refractivity contribution is -0.137. The van der Waals surface area contributed by atoms with Crippen LogP contribution in [-0.4, -0.2) is 40.2 Å². The molecule has 7 rings (SSSR count). The Bertz CT molecular complexity index is 2190. The van der Waals surface area contributed by atoms with Crippen LogP contribution in [0.1, 0.15) is 40.3 Å². The molecule has 1 atom stereocenters. The zero-order valence-electron chi connectivity index (χ0n) is 30.4. The van der Waals surface area contributed by atoms with Crippen LogP contribution in [0.3, 0.4) is 0 Å². The van der Waals surface area contributed by atoms with Gasteiger partial charge in [-0.3, -0.25) is 14.5 Å². The van der Waals surface area contributed by atoms with Gasteiger partial charge in [0.15, 0.2) is 6.61 Å². The summed E-state index contributed by atoms with van der Waals surface area (Å²) in [7, 11) is 0. The zero-order chi connectivity index (χ0) is 39.1. The molecule has 1 aliphatic heterocycles. The lowest BCUT2D eigenvalue weighted by atomic mass is 9.75. The second-order valence-electron chi connectivity index (χ2n) is 13.2. The molecule has 1 heterocycles. The average molecular weight is 771 g/mol. The number of hydrogen-bond donors (Lipinski definition) is 0. The number of halogens is 3. The third-order valence-corrected chi connectivity index (χ3v) is 10.7. The Kier molecular flexibility index (Phi) is 11.4. The van der Waals surface area contributed by atoms with Gasteiger partial charge < -0.3 is 9.57 Å². The van der Waals surface area contributed by atoms with Crippen molar-refractivity contribution in [3.05, 3.63) is 197 Å². The summed E-state index contributed by atoms with van der Waals surface area (Å²) in [4.78, 5) is 35.3. The minimum Gasteiger partial charge on any atom is -0.490 e. The number of rotatable bonds is 13. The highest BCUT2D eigenvalue weighted by atomic mass is 32.2. The van der Waals surface area contributed by atoms with Crippen molar-refractivity contribution in [2.75, 3.05) is 13.2 Å². The molecule has 6 aromatic rings. The first kappa shape index (κ1) is 38.2. The second-order valence-corrected chi connectivity index (χ2v) is 14.4. The summed E-state index contributed by atoms with van der Waals surface area (Å²) in [5.41, 5.74) is 4.42. The number of hydrogen-bond acceptors (Lipinski definition) is 6. The number of alkyl halides is 3. The molecule has 0 saturated carbocycles. The number of nitrogens with zero attached hydrogens (tertiary/aromatic N) is 2. The van der Waals surface area contributed by atoms with Crippen molar-refractivity contribution in [2.45, 2.75) is 30.3 Å². The lowest BCUT2D eigenvalue weighted by Crippen LogP contribution is -2.51. The maximum Gasteiger partial charge on any atom is 0.416 e. The molecule has 6 aromatic carbocycles. The molecule has 1 fully saturated rings. The molecule has 56 heavy (non-hydrogen) atoms. The molecule has 10 heteroatoms. The smallest absolute Gasteiger partial charge is 0.416 e. The van der Waals surface area contributed by atoms with Crippen LogP contribution in [0, 0.1) is 0 Å². The molecule has 0 N–H and O–H groups in total. The molecule has 0 spiro atoms. The van der Waals surface area contributed by atoms with Crippen molar-refractivity contribution in [3.63, 3.8) is 0 Å². The summed E-state index contributed by atoms with van der Waals surface area (Å²) in [6, 6.07) is 48.9. The SMILES string of the molecule is CC(=NOCCOc1ccc(CC2SC(=O)N(C(c3ccccc3)(c3ccccc3)c3ccccc3)C2=O)cc1)c1ccc(-c2ccc(C(F)(F)F)cc2)cc1. The Balaban J connectivity index is 0.962. The standard InChI is InChI=1S/C46H37F3N2O4S/c1-32(34-19-21-35(22-20-34)36-23-25-40(26-24-36)46(47,48)49)50-55-30-29-54-41-27-17-33(18-28-41)31-42-43(52)51(44(53)56-42)45(37-11-5-2-6-12-37,38-13-7-3-8-14-38)39-15-9-4-10-16-39/h2-28,42H,29-31H2,1H3. The quantitative estimate of drug-likeness (QED) is 0.0506. The van der Waals surface area contributed by atoms with Gasteiger partial charge in [-0.05, 0) is 76.6 Å². The maximum atomic E-state index is 14.4. The van der Waals surface area contributed by atoms with Crippen molar-refractivity contribution >= 4 is 28.6 Å². The number of amides is 2. The van der Waals surface area contributed by atoms with E-state index in [0.717, 1.165) is 57.3 Å². The first-order valence-corrected chi connectivity index (χ1v) is 18.9. The van der Waals surface area contributed by atoms with Gasteiger partial charge in [-0.15, -0.1) is 0 Å². The van der Waals surface area contributed by atoms with Crippen LogP contribution in [0.5, 0.6) is 5.75 Å². The molecule has 2 amide bonds. The van der Waals surface area contributed by atoms with E-state index >= 15 is 0 Å². The van der Waals surface area contributed by atoms with E-state index in [1.165, 1.54) is 17.0 Å². The van der Waals surface area contributed by atoms with Crippen molar-refractivity contribution in [1.82, 2.24) is 4.90 Å². The predicted molar refractivity (Wildman–Crippen MR) is 214 cm³/mol. The third-order valence-electron chi connectivity index (χ3n) is 9.67. The number of benzene rings is 6. The highest BCUT2D eigenvalue weighted by Gasteiger charge is 2.54. The topological polar surface area (TPSA) is 68.2 Å². The largest absolute Gasteiger partial charge is 0.490 e. The van der Waals surface area contributed by atoms with E-state index in [1.807, 2.05) is 140 Å².